The van der Waals surface area contributed by atoms with Gasteiger partial charge >= 0.3 is 46.2 Å². The van der Waals surface area contributed by atoms with Gasteiger partial charge in [-0.1, -0.05) is 27.2 Å². The Labute approximate surface area is 250 Å². The van der Waals surface area contributed by atoms with Crippen molar-refractivity contribution >= 4 is 26.2 Å². The number of halogens is 7. The van der Waals surface area contributed by atoms with E-state index < -0.39 is 33.8 Å². The van der Waals surface area contributed by atoms with Crippen LogP contribution in [-0.2, 0) is 41.3 Å². The van der Waals surface area contributed by atoms with Gasteiger partial charge in [0, 0.05) is 4.32 Å². The molecular formula is C26H40AgBrF6O4S. The molecule has 0 unspecified atom stereocenters. The normalized spacial score (nSPS) is 42.0. The summed E-state index contributed by atoms with van der Waals surface area (Å²) in [4.78, 5) is 0. The molecule has 0 N–H and O–H groups in total. The van der Waals surface area contributed by atoms with Crippen molar-refractivity contribution < 1.29 is 64.0 Å². The Bertz CT molecular complexity index is 861. The van der Waals surface area contributed by atoms with Crippen LogP contribution in [0.5, 0.6) is 0 Å². The Hall–Kier alpha value is 0.670. The van der Waals surface area contributed by atoms with Crippen LogP contribution in [0.15, 0.2) is 0 Å². The molecule has 0 spiro atoms. The van der Waals surface area contributed by atoms with Crippen LogP contribution in [0.1, 0.15) is 90.9 Å². The number of hydrogen-bond donors (Lipinski definition) is 0. The second-order valence-corrected chi connectivity index (χ2v) is 15.9. The van der Waals surface area contributed by atoms with Gasteiger partial charge in [-0.25, -0.2) is 0 Å². The van der Waals surface area contributed by atoms with Crippen molar-refractivity contribution in [2.75, 3.05) is 13.2 Å². The number of hydrogen-bond acceptors (Lipinski definition) is 4. The van der Waals surface area contributed by atoms with Crippen LogP contribution in [0, 0.1) is 35.5 Å². The van der Waals surface area contributed by atoms with Gasteiger partial charge in [-0.15, -0.1) is 0 Å². The molecule has 0 aromatic rings. The zero-order chi connectivity index (χ0) is 28.0. The predicted molar refractivity (Wildman–Crippen MR) is 135 cm³/mol. The zero-order valence-electron chi connectivity index (χ0n) is 21.1. The van der Waals surface area contributed by atoms with E-state index in [9.17, 15) is 32.9 Å². The van der Waals surface area contributed by atoms with Gasteiger partial charge in [0.1, 0.15) is 6.61 Å². The van der Waals surface area contributed by atoms with E-state index >= 15 is 0 Å². The van der Waals surface area contributed by atoms with Crippen LogP contribution in [-0.4, -0.2) is 42.9 Å². The van der Waals surface area contributed by atoms with E-state index in [1.165, 1.54) is 40.9 Å². The molecule has 0 aromatic heterocycles. The van der Waals surface area contributed by atoms with E-state index in [0.29, 0.717) is 41.3 Å². The van der Waals surface area contributed by atoms with Crippen molar-refractivity contribution in [1.29, 1.82) is 0 Å². The van der Waals surface area contributed by atoms with Gasteiger partial charge in [-0.2, -0.15) is 26.0 Å². The molecule has 1 heterocycles. The Morgan fingerprint density at radius 3 is 1.36 bits per heavy atom. The quantitative estimate of drug-likeness (QED) is 0.126. The average Bonchev–Trinajstić information content (AvgIpc) is 2.76. The molecule has 0 atom stereocenters. The van der Waals surface area contributed by atoms with Gasteiger partial charge in [-0.3, -0.25) is 0 Å². The van der Waals surface area contributed by atoms with E-state index in [4.69, 9.17) is 4.74 Å². The monoisotopic (exact) mass is 748 g/mol. The number of ether oxygens (including phenoxy) is 2. The molecule has 8 aliphatic carbocycles. The molecular weight excluding hydrogens is 710 g/mol. The summed E-state index contributed by atoms with van der Waals surface area (Å²) in [5.41, 5.74) is -0.636. The summed E-state index contributed by atoms with van der Waals surface area (Å²) in [5, 5.41) is -4.43. The fourth-order valence-electron chi connectivity index (χ4n) is 8.78. The Balaban J connectivity index is 0.000000177. The molecule has 1 aliphatic heterocycles. The molecule has 9 aliphatic rings. The average molecular weight is 750 g/mol. The number of rotatable bonds is 4. The van der Waals surface area contributed by atoms with Crippen LogP contribution in [0.4, 0.5) is 24.5 Å². The van der Waals surface area contributed by atoms with Crippen molar-refractivity contribution in [3.8, 4) is 0 Å². The van der Waals surface area contributed by atoms with Crippen LogP contribution < -0.4 is 0 Å². The van der Waals surface area contributed by atoms with Crippen molar-refractivity contribution in [2.45, 2.75) is 112 Å². The van der Waals surface area contributed by atoms with E-state index in [1.807, 2.05) is 0 Å². The third kappa shape index (κ3) is 8.40. The van der Waals surface area contributed by atoms with Gasteiger partial charge in [-0.05, 0) is 113 Å². The van der Waals surface area contributed by atoms with E-state index in [0.717, 1.165) is 37.0 Å². The minimum absolute atomic E-state index is 0. The van der Waals surface area contributed by atoms with Crippen LogP contribution >= 0.6 is 15.9 Å². The first-order valence-electron chi connectivity index (χ1n) is 13.4. The van der Waals surface area contributed by atoms with Gasteiger partial charge in [0.05, 0.1) is 18.6 Å². The Morgan fingerprint density at radius 1 is 0.821 bits per heavy atom. The molecule has 39 heavy (non-hydrogen) atoms. The molecule has 9 rings (SSSR count). The van der Waals surface area contributed by atoms with Crippen molar-refractivity contribution in [2.24, 2.45) is 35.5 Å². The molecule has 1 saturated heterocycles. The van der Waals surface area contributed by atoms with E-state index in [-0.39, 0.29) is 20.5 Å². The predicted octanol–water partition coefficient (Wildman–Crippen LogP) is 8.27. The molecule has 0 radical (unpaired) electrons. The topological polar surface area (TPSA) is 52.6 Å². The fraction of sp³-hybridized carbons (Fsp3) is 1.00. The summed E-state index contributed by atoms with van der Waals surface area (Å²) in [6.07, 6.45) is 11.8. The summed E-state index contributed by atoms with van der Waals surface area (Å²) >= 11 is 5.41. The first-order chi connectivity index (χ1) is 17.6. The maximum absolute atomic E-state index is 13.1. The second kappa shape index (κ2) is 12.7. The van der Waals surface area contributed by atoms with Crippen molar-refractivity contribution in [3.63, 3.8) is 0 Å². The second-order valence-electron chi connectivity index (χ2n) is 12.8. The van der Waals surface area contributed by atoms with Gasteiger partial charge < -0.3 is 9.47 Å². The minimum atomic E-state index is -5.89. The molecule has 13 heteroatoms. The molecule has 0 amide bonds. The van der Waals surface area contributed by atoms with Crippen molar-refractivity contribution in [3.05, 3.63) is 0 Å². The third-order valence-electron chi connectivity index (χ3n) is 9.56. The van der Waals surface area contributed by atoms with Crippen LogP contribution in [0.25, 0.3) is 0 Å². The van der Waals surface area contributed by atoms with Gasteiger partial charge in [0.25, 0.3) is 0 Å². The summed E-state index contributed by atoms with van der Waals surface area (Å²) < 4.78 is 101. The standard InChI is InChI=1S/C12H17F3O3S.C10H15Br.C3H4F2O.CH4.Ag.FH/c13-12(14,19(15,16)17)7-18-11-4-8-1-9(5-11)3-10(2-8)6-11;11-10-4-7-1-8(5-10)3-9(2-7)6-10;4-3(5)1-2-6-3;;;/h8-10H,1-7H2;7-9H,1-6H2;1-2H2;1H4;;1H/q;;;;+1;/p-1. The van der Waals surface area contributed by atoms with Crippen molar-refractivity contribution in [1.82, 2.24) is 0 Å². The first kappa shape index (κ1) is 34.2. The summed E-state index contributed by atoms with van der Waals surface area (Å²) in [7, 11) is -5.89. The molecule has 8 saturated carbocycles. The SMILES string of the molecule is BrC12CC3CC(CC(C3)C1)C2.C.FC1(F)CCO1.O=S(=O)(F)C(F)(F)COC12CC3CC(CC(C3)C1)C2.[F][Ag]. The first-order valence-corrected chi connectivity index (χ1v) is 16.1. The summed E-state index contributed by atoms with van der Waals surface area (Å²) in [6.45, 7) is -1.15. The van der Waals surface area contributed by atoms with E-state index in [2.05, 4.69) is 20.7 Å². The molecule has 9 fully saturated rings. The van der Waals surface area contributed by atoms with Crippen LogP contribution in [0.3, 0.4) is 0 Å². The molecule has 234 valence electrons. The van der Waals surface area contributed by atoms with E-state index in [1.54, 1.807) is 19.3 Å². The fourth-order valence-corrected chi connectivity index (χ4v) is 10.3. The Morgan fingerprint density at radius 2 is 1.13 bits per heavy atom. The number of alkyl halides is 5. The molecule has 8 bridgehead atoms. The summed E-state index contributed by atoms with van der Waals surface area (Å²) in [6, 6.07) is 0. The Kier molecular flexibility index (Phi) is 11.1. The van der Waals surface area contributed by atoms with Gasteiger partial charge in [0.15, 0.2) is 0 Å². The molecule has 4 nitrogen and oxygen atoms in total. The summed E-state index contributed by atoms with van der Waals surface area (Å²) in [5.74, 6) is 4.80. The van der Waals surface area contributed by atoms with Gasteiger partial charge in [0.2, 0.25) is 0 Å². The third-order valence-corrected chi connectivity index (χ3v) is 11.4. The van der Waals surface area contributed by atoms with Crippen LogP contribution in [0.2, 0.25) is 0 Å². The zero-order valence-corrected chi connectivity index (χ0v) is 24.9. The maximum atomic E-state index is 13.1. The molecule has 0 aromatic carbocycles.